The van der Waals surface area contributed by atoms with E-state index in [0.717, 1.165) is 10.5 Å². The number of hydrogen-bond acceptors (Lipinski definition) is 6. The van der Waals surface area contributed by atoms with Crippen LogP contribution in [0.5, 0.6) is 11.5 Å². The Hall–Kier alpha value is -3.90. The molecule has 194 valence electrons. The Labute approximate surface area is 236 Å². The van der Waals surface area contributed by atoms with E-state index in [0.29, 0.717) is 32.3 Å². The third-order valence-electron chi connectivity index (χ3n) is 5.41. The number of aromatic carboxylic acids is 1. The first-order valence-corrected chi connectivity index (χ1v) is 12.7. The lowest BCUT2D eigenvalue weighted by molar-refractivity contribution is -0.122. The monoisotopic (exact) mass is 646 g/mol. The fourth-order valence-electron chi connectivity index (χ4n) is 3.62. The van der Waals surface area contributed by atoms with Crippen molar-refractivity contribution < 1.29 is 33.8 Å². The van der Waals surface area contributed by atoms with E-state index in [1.165, 1.54) is 42.5 Å². The van der Waals surface area contributed by atoms with E-state index in [1.54, 1.807) is 31.2 Å². The molecule has 4 rings (SSSR count). The number of halogens is 2. The van der Waals surface area contributed by atoms with Crippen molar-refractivity contribution in [3.05, 3.63) is 91.5 Å². The average Bonchev–Trinajstić information content (AvgIpc) is 2.87. The fraction of sp³-hybridized carbons (Fsp3) is 0.111. The maximum atomic E-state index is 13.2. The first kappa shape index (κ1) is 27.1. The van der Waals surface area contributed by atoms with Crippen LogP contribution in [-0.4, -0.2) is 35.5 Å². The predicted octanol–water partition coefficient (Wildman–Crippen LogP) is 5.29. The standard InChI is InChI=1S/C27H20ClIN2O7/c1-2-37-22-13-16(12-21(29)23(22)38-14-15-3-5-17(6-4-15)26(34)35)11-20-24(32)30-27(36)31(25(20)33)19-9-7-18(28)8-10-19/h3-13H,2,14H2,1H3,(H,34,35)(H,30,32,36)/b20-11+. The summed E-state index contributed by atoms with van der Waals surface area (Å²) in [5.41, 5.74) is 1.45. The minimum absolute atomic E-state index is 0.162. The van der Waals surface area contributed by atoms with Crippen LogP contribution in [0.1, 0.15) is 28.4 Å². The molecule has 1 fully saturated rings. The van der Waals surface area contributed by atoms with Gasteiger partial charge in [0.25, 0.3) is 11.8 Å². The second-order valence-corrected chi connectivity index (χ2v) is 9.59. The summed E-state index contributed by atoms with van der Waals surface area (Å²) in [4.78, 5) is 50.1. The number of hydrogen-bond donors (Lipinski definition) is 2. The number of carboxylic acid groups (broad SMARTS) is 1. The van der Waals surface area contributed by atoms with Crippen LogP contribution in [0.25, 0.3) is 6.08 Å². The molecular weight excluding hydrogens is 627 g/mol. The average molecular weight is 647 g/mol. The second kappa shape index (κ2) is 11.7. The molecule has 0 aromatic heterocycles. The number of benzene rings is 3. The summed E-state index contributed by atoms with van der Waals surface area (Å²) in [5, 5.41) is 11.7. The zero-order valence-corrected chi connectivity index (χ0v) is 22.8. The van der Waals surface area contributed by atoms with Crippen molar-refractivity contribution in [2.45, 2.75) is 13.5 Å². The van der Waals surface area contributed by atoms with Gasteiger partial charge in [0.2, 0.25) is 0 Å². The van der Waals surface area contributed by atoms with Gasteiger partial charge in [0, 0.05) is 5.02 Å². The maximum Gasteiger partial charge on any atom is 0.335 e. The highest BCUT2D eigenvalue weighted by Crippen LogP contribution is 2.36. The molecule has 9 nitrogen and oxygen atoms in total. The third kappa shape index (κ3) is 5.97. The van der Waals surface area contributed by atoms with Gasteiger partial charge < -0.3 is 14.6 Å². The molecule has 3 aromatic rings. The van der Waals surface area contributed by atoms with Crippen molar-refractivity contribution in [3.8, 4) is 11.5 Å². The number of anilines is 1. The Balaban J connectivity index is 1.62. The summed E-state index contributed by atoms with van der Waals surface area (Å²) in [6.07, 6.45) is 1.38. The van der Waals surface area contributed by atoms with E-state index in [2.05, 4.69) is 27.9 Å². The molecule has 0 radical (unpaired) electrons. The number of ether oxygens (including phenoxy) is 2. The molecule has 0 saturated carbocycles. The van der Waals surface area contributed by atoms with E-state index in [1.807, 2.05) is 0 Å². The van der Waals surface area contributed by atoms with Crippen molar-refractivity contribution in [1.82, 2.24) is 5.32 Å². The Morgan fingerprint density at radius 1 is 1.05 bits per heavy atom. The van der Waals surface area contributed by atoms with Gasteiger partial charge in [0.05, 0.1) is 21.4 Å². The van der Waals surface area contributed by atoms with E-state index in [4.69, 9.17) is 26.2 Å². The highest BCUT2D eigenvalue weighted by atomic mass is 127. The van der Waals surface area contributed by atoms with Gasteiger partial charge in [0.15, 0.2) is 11.5 Å². The number of carboxylic acids is 1. The number of nitrogens with one attached hydrogen (secondary N) is 1. The Bertz CT molecular complexity index is 1450. The zero-order valence-electron chi connectivity index (χ0n) is 19.9. The number of carbonyl (C=O) groups is 4. The van der Waals surface area contributed by atoms with Crippen molar-refractivity contribution in [3.63, 3.8) is 0 Å². The first-order chi connectivity index (χ1) is 18.2. The quantitative estimate of drug-likeness (QED) is 0.194. The molecule has 0 aliphatic carbocycles. The number of carbonyl (C=O) groups excluding carboxylic acids is 3. The Kier molecular flexibility index (Phi) is 8.32. The summed E-state index contributed by atoms with van der Waals surface area (Å²) in [7, 11) is 0. The summed E-state index contributed by atoms with van der Waals surface area (Å²) in [5.74, 6) is -1.76. The van der Waals surface area contributed by atoms with E-state index in [9.17, 15) is 19.2 Å². The molecule has 0 atom stereocenters. The van der Waals surface area contributed by atoms with Crippen LogP contribution in [0.15, 0.2) is 66.2 Å². The van der Waals surface area contributed by atoms with Crippen molar-refractivity contribution in [2.24, 2.45) is 0 Å². The van der Waals surface area contributed by atoms with Crippen LogP contribution in [-0.2, 0) is 16.2 Å². The van der Waals surface area contributed by atoms with Gasteiger partial charge in [-0.25, -0.2) is 14.5 Å². The summed E-state index contributed by atoms with van der Waals surface area (Å²) >= 11 is 7.97. The molecule has 38 heavy (non-hydrogen) atoms. The van der Waals surface area contributed by atoms with Crippen LogP contribution in [0, 0.1) is 3.57 Å². The van der Waals surface area contributed by atoms with Crippen molar-refractivity contribution >= 4 is 69.8 Å². The maximum absolute atomic E-state index is 13.2. The molecule has 2 N–H and O–H groups in total. The molecule has 0 bridgehead atoms. The number of urea groups is 1. The van der Waals surface area contributed by atoms with Crippen LogP contribution in [0.3, 0.4) is 0 Å². The normalized spacial score (nSPS) is 14.4. The molecule has 1 saturated heterocycles. The predicted molar refractivity (Wildman–Crippen MR) is 149 cm³/mol. The van der Waals surface area contributed by atoms with E-state index < -0.39 is 23.8 Å². The minimum atomic E-state index is -1.01. The molecule has 4 amide bonds. The highest BCUT2D eigenvalue weighted by molar-refractivity contribution is 14.1. The van der Waals surface area contributed by atoms with Gasteiger partial charge >= 0.3 is 12.0 Å². The highest BCUT2D eigenvalue weighted by Gasteiger charge is 2.36. The molecule has 0 unspecified atom stereocenters. The van der Waals surface area contributed by atoms with Crippen LogP contribution < -0.4 is 19.7 Å². The van der Waals surface area contributed by atoms with Crippen molar-refractivity contribution in [1.29, 1.82) is 0 Å². The lowest BCUT2D eigenvalue weighted by Gasteiger charge is -2.26. The van der Waals surface area contributed by atoms with Gasteiger partial charge in [-0.15, -0.1) is 0 Å². The van der Waals surface area contributed by atoms with Gasteiger partial charge in [0.1, 0.15) is 12.2 Å². The lowest BCUT2D eigenvalue weighted by atomic mass is 10.1. The number of imide groups is 2. The van der Waals surface area contributed by atoms with Gasteiger partial charge in [-0.2, -0.15) is 0 Å². The lowest BCUT2D eigenvalue weighted by Crippen LogP contribution is -2.54. The van der Waals surface area contributed by atoms with Crippen LogP contribution in [0.4, 0.5) is 10.5 Å². The smallest absolute Gasteiger partial charge is 0.335 e. The Morgan fingerprint density at radius 3 is 2.37 bits per heavy atom. The Morgan fingerprint density at radius 2 is 1.74 bits per heavy atom. The minimum Gasteiger partial charge on any atom is -0.490 e. The number of barbiturate groups is 1. The van der Waals surface area contributed by atoms with Gasteiger partial charge in [-0.3, -0.25) is 14.9 Å². The largest absolute Gasteiger partial charge is 0.490 e. The summed E-state index contributed by atoms with van der Waals surface area (Å²) in [6, 6.07) is 14.9. The van der Waals surface area contributed by atoms with Crippen molar-refractivity contribution in [2.75, 3.05) is 11.5 Å². The molecule has 1 aliphatic rings. The summed E-state index contributed by atoms with van der Waals surface area (Å²) < 4.78 is 12.4. The molecule has 1 aliphatic heterocycles. The number of nitrogens with zero attached hydrogens (tertiary/aromatic N) is 1. The first-order valence-electron chi connectivity index (χ1n) is 11.3. The van der Waals surface area contributed by atoms with E-state index in [-0.39, 0.29) is 23.4 Å². The fourth-order valence-corrected chi connectivity index (χ4v) is 4.53. The van der Waals surface area contributed by atoms with Gasteiger partial charge in [-0.05, 0) is 95.2 Å². The van der Waals surface area contributed by atoms with E-state index >= 15 is 0 Å². The third-order valence-corrected chi connectivity index (χ3v) is 6.47. The number of rotatable bonds is 8. The molecule has 3 aromatic carbocycles. The molecule has 11 heteroatoms. The van der Waals surface area contributed by atoms with Gasteiger partial charge in [-0.1, -0.05) is 23.7 Å². The topological polar surface area (TPSA) is 122 Å². The molecule has 1 heterocycles. The summed E-state index contributed by atoms with van der Waals surface area (Å²) in [6.45, 7) is 2.30. The second-order valence-electron chi connectivity index (χ2n) is 7.99. The zero-order chi connectivity index (χ0) is 27.4. The molecule has 0 spiro atoms. The molecular formula is C27H20ClIN2O7. The van der Waals surface area contributed by atoms with Crippen LogP contribution in [0.2, 0.25) is 5.02 Å². The van der Waals surface area contributed by atoms with Crippen LogP contribution >= 0.6 is 34.2 Å². The SMILES string of the molecule is CCOc1cc(/C=C2\C(=O)NC(=O)N(c3ccc(Cl)cc3)C2=O)cc(I)c1OCc1ccc(C(=O)O)cc1. The number of amides is 4.